The van der Waals surface area contributed by atoms with Crippen molar-refractivity contribution in [3.63, 3.8) is 0 Å². The summed E-state index contributed by atoms with van der Waals surface area (Å²) in [6.45, 7) is 0.835. The maximum atomic E-state index is 5.57. The van der Waals surface area contributed by atoms with Crippen LogP contribution in [0.1, 0.15) is 5.56 Å². The zero-order valence-corrected chi connectivity index (χ0v) is 11.8. The van der Waals surface area contributed by atoms with Gasteiger partial charge in [-0.2, -0.15) is 4.98 Å². The van der Waals surface area contributed by atoms with E-state index < -0.39 is 0 Å². The summed E-state index contributed by atoms with van der Waals surface area (Å²) < 4.78 is 6.82. The van der Waals surface area contributed by atoms with E-state index in [1.807, 2.05) is 30.5 Å². The molecule has 108 valence electrons. The molecule has 0 saturated heterocycles. The van der Waals surface area contributed by atoms with E-state index in [9.17, 15) is 0 Å². The average Bonchev–Trinajstić information content (AvgIpc) is 2.87. The summed E-state index contributed by atoms with van der Waals surface area (Å²) in [6.07, 6.45) is 2.81. The number of nitrogens with zero attached hydrogens (tertiary/aromatic N) is 3. The second-order valence-electron chi connectivity index (χ2n) is 4.72. The van der Waals surface area contributed by atoms with Crippen LogP contribution < -0.4 is 15.8 Å². The van der Waals surface area contributed by atoms with E-state index in [4.69, 9.17) is 10.5 Å². The van der Waals surface area contributed by atoms with Gasteiger partial charge in [-0.3, -0.25) is 0 Å². The lowest BCUT2D eigenvalue weighted by molar-refractivity contribution is 0.414. The second-order valence-corrected chi connectivity index (χ2v) is 4.72. The Labute approximate surface area is 122 Å². The molecule has 0 amide bonds. The van der Waals surface area contributed by atoms with Crippen LogP contribution in [0.5, 0.6) is 5.75 Å². The number of benzene rings is 1. The number of pyridine rings is 1. The van der Waals surface area contributed by atoms with Crippen LogP contribution in [0.15, 0.2) is 42.6 Å². The van der Waals surface area contributed by atoms with E-state index in [1.165, 1.54) is 5.56 Å². The molecule has 0 aliphatic rings. The molecule has 0 unspecified atom stereocenters. The number of aromatic nitrogens is 3. The molecule has 3 rings (SSSR count). The Kier molecular flexibility index (Phi) is 3.59. The first-order valence-corrected chi connectivity index (χ1v) is 6.73. The zero-order valence-electron chi connectivity index (χ0n) is 11.8. The van der Waals surface area contributed by atoms with Crippen LogP contribution in [0.3, 0.4) is 0 Å². The minimum absolute atomic E-state index is 0.283. The highest BCUT2D eigenvalue weighted by atomic mass is 16.5. The van der Waals surface area contributed by atoms with Gasteiger partial charge in [0.15, 0.2) is 5.65 Å². The van der Waals surface area contributed by atoms with E-state index in [1.54, 1.807) is 11.6 Å². The third-order valence-corrected chi connectivity index (χ3v) is 3.25. The van der Waals surface area contributed by atoms with Gasteiger partial charge in [0.2, 0.25) is 5.95 Å². The van der Waals surface area contributed by atoms with E-state index in [0.29, 0.717) is 0 Å². The normalized spacial score (nSPS) is 10.7. The molecule has 21 heavy (non-hydrogen) atoms. The van der Waals surface area contributed by atoms with Gasteiger partial charge in [0.05, 0.1) is 19.0 Å². The number of hydrogen-bond donors (Lipinski definition) is 2. The van der Waals surface area contributed by atoms with Crippen molar-refractivity contribution in [1.82, 2.24) is 14.6 Å². The number of rotatable bonds is 5. The average molecular weight is 283 g/mol. The van der Waals surface area contributed by atoms with Crippen molar-refractivity contribution in [1.29, 1.82) is 0 Å². The van der Waals surface area contributed by atoms with Gasteiger partial charge in [-0.25, -0.2) is 4.52 Å². The van der Waals surface area contributed by atoms with Crippen LogP contribution >= 0.6 is 0 Å². The Morgan fingerprint density at radius 3 is 2.76 bits per heavy atom. The zero-order chi connectivity index (χ0) is 14.7. The molecule has 6 heteroatoms. The smallest absolute Gasteiger partial charge is 0.240 e. The van der Waals surface area contributed by atoms with Crippen LogP contribution in [0.2, 0.25) is 0 Å². The topological polar surface area (TPSA) is 77.5 Å². The number of ether oxygens (including phenoxy) is 1. The number of nitrogen functional groups attached to an aromatic ring is 1. The number of hydrogen-bond acceptors (Lipinski definition) is 5. The lowest BCUT2D eigenvalue weighted by atomic mass is 10.1. The van der Waals surface area contributed by atoms with Crippen LogP contribution in [-0.4, -0.2) is 28.3 Å². The number of nitrogens with one attached hydrogen (secondary N) is 1. The Morgan fingerprint density at radius 1 is 1.19 bits per heavy atom. The van der Waals surface area contributed by atoms with Crippen LogP contribution in [0, 0.1) is 0 Å². The molecule has 3 aromatic rings. The third-order valence-electron chi connectivity index (χ3n) is 3.25. The van der Waals surface area contributed by atoms with Gasteiger partial charge in [0.1, 0.15) is 5.75 Å². The number of fused-ring (bicyclic) bond motifs is 1. The van der Waals surface area contributed by atoms with Crippen molar-refractivity contribution in [2.45, 2.75) is 6.42 Å². The molecular weight excluding hydrogens is 266 g/mol. The summed E-state index contributed by atoms with van der Waals surface area (Å²) in [5.41, 5.74) is 8.56. The summed E-state index contributed by atoms with van der Waals surface area (Å²) in [6, 6.07) is 11.9. The highest BCUT2D eigenvalue weighted by Gasteiger charge is 2.01. The molecule has 0 radical (unpaired) electrons. The van der Waals surface area contributed by atoms with Gasteiger partial charge in [-0.05, 0) is 36.2 Å². The van der Waals surface area contributed by atoms with E-state index >= 15 is 0 Å². The minimum Gasteiger partial charge on any atom is -0.497 e. The molecule has 0 fully saturated rings. The van der Waals surface area contributed by atoms with Gasteiger partial charge in [0, 0.05) is 6.54 Å². The number of anilines is 2. The fourth-order valence-corrected chi connectivity index (χ4v) is 2.15. The molecule has 0 spiro atoms. The van der Waals surface area contributed by atoms with Crippen LogP contribution in [0.25, 0.3) is 5.65 Å². The van der Waals surface area contributed by atoms with Gasteiger partial charge < -0.3 is 15.8 Å². The molecule has 2 heterocycles. The van der Waals surface area contributed by atoms with Crippen molar-refractivity contribution >= 4 is 17.3 Å². The number of nitrogens with two attached hydrogens (primary N) is 1. The highest BCUT2D eigenvalue weighted by molar-refractivity contribution is 5.51. The molecule has 0 atom stereocenters. The predicted molar refractivity (Wildman–Crippen MR) is 82.6 cm³/mol. The molecule has 2 aromatic heterocycles. The molecule has 0 bridgehead atoms. The van der Waals surface area contributed by atoms with Crippen molar-refractivity contribution < 1.29 is 4.74 Å². The molecular formula is C15H17N5O. The first-order valence-electron chi connectivity index (χ1n) is 6.73. The lowest BCUT2D eigenvalue weighted by Gasteiger charge is -2.07. The second kappa shape index (κ2) is 5.70. The van der Waals surface area contributed by atoms with Crippen molar-refractivity contribution in [3.05, 3.63) is 48.2 Å². The van der Waals surface area contributed by atoms with Crippen molar-refractivity contribution in [2.24, 2.45) is 0 Å². The monoisotopic (exact) mass is 283 g/mol. The maximum Gasteiger partial charge on any atom is 0.240 e. The van der Waals surface area contributed by atoms with Crippen LogP contribution in [0.4, 0.5) is 11.6 Å². The molecule has 0 aliphatic heterocycles. The molecule has 1 aromatic carbocycles. The molecule has 0 saturated carbocycles. The van der Waals surface area contributed by atoms with Crippen molar-refractivity contribution in [2.75, 3.05) is 24.7 Å². The Hall–Kier alpha value is -2.76. The number of methoxy groups -OCH3 is 1. The van der Waals surface area contributed by atoms with Gasteiger partial charge >= 0.3 is 0 Å². The largest absolute Gasteiger partial charge is 0.497 e. The van der Waals surface area contributed by atoms with Gasteiger partial charge in [-0.1, -0.05) is 12.1 Å². The molecule has 3 N–H and O–H groups in total. The molecule has 6 nitrogen and oxygen atoms in total. The van der Waals surface area contributed by atoms with Crippen LogP contribution in [-0.2, 0) is 6.42 Å². The summed E-state index contributed by atoms with van der Waals surface area (Å²) >= 11 is 0. The van der Waals surface area contributed by atoms with Crippen molar-refractivity contribution in [3.8, 4) is 5.75 Å². The highest BCUT2D eigenvalue weighted by Crippen LogP contribution is 2.13. The first-order chi connectivity index (χ1) is 10.2. The quantitative estimate of drug-likeness (QED) is 0.748. The minimum atomic E-state index is 0.283. The van der Waals surface area contributed by atoms with E-state index in [-0.39, 0.29) is 5.95 Å². The molecule has 0 aliphatic carbocycles. The predicted octanol–water partition coefficient (Wildman–Crippen LogP) is 1.97. The maximum absolute atomic E-state index is 5.57. The summed E-state index contributed by atoms with van der Waals surface area (Å²) in [4.78, 5) is 4.09. The summed E-state index contributed by atoms with van der Waals surface area (Å²) in [7, 11) is 1.67. The standard InChI is InChI=1S/C15H17N5O/c1-21-13-5-2-11(3-6-13)8-9-17-12-4-7-14-18-15(16)19-20(14)10-12/h2-7,10,17H,8-9H2,1H3,(H2,16,19). The fourth-order valence-electron chi connectivity index (χ4n) is 2.15. The Bertz CT molecular complexity index is 735. The fraction of sp³-hybridized carbons (Fsp3) is 0.200. The Balaban J connectivity index is 1.60. The van der Waals surface area contributed by atoms with Gasteiger partial charge in [-0.15, -0.1) is 5.10 Å². The van der Waals surface area contributed by atoms with E-state index in [2.05, 4.69) is 27.5 Å². The summed E-state index contributed by atoms with van der Waals surface area (Å²) in [5.74, 6) is 1.16. The SMILES string of the molecule is COc1ccc(CCNc2ccc3nc(N)nn3c2)cc1. The third kappa shape index (κ3) is 3.05. The van der Waals surface area contributed by atoms with Gasteiger partial charge in [0.25, 0.3) is 0 Å². The Morgan fingerprint density at radius 2 is 2.00 bits per heavy atom. The lowest BCUT2D eigenvalue weighted by Crippen LogP contribution is -2.05. The summed E-state index contributed by atoms with van der Waals surface area (Å²) in [5, 5.41) is 7.45. The van der Waals surface area contributed by atoms with E-state index in [0.717, 1.165) is 30.0 Å². The first kappa shape index (κ1) is 13.2.